The number of carboxylic acid groups (broad SMARTS) is 1. The van der Waals surface area contributed by atoms with Gasteiger partial charge in [-0.15, -0.1) is 0 Å². The Balaban J connectivity index is 2.77. The molecule has 0 aliphatic heterocycles. The summed E-state index contributed by atoms with van der Waals surface area (Å²) in [5, 5.41) is 10.2. The second-order valence-corrected chi connectivity index (χ2v) is 2.00. The Morgan fingerprint density at radius 3 is 2.90 bits per heavy atom. The summed E-state index contributed by atoms with van der Waals surface area (Å²) in [6.45, 7) is 1.54. The molecule has 0 aliphatic rings. The number of aliphatic carboxylic acids is 1. The first-order valence-electron chi connectivity index (χ1n) is 2.90. The number of imidazole rings is 1. The zero-order chi connectivity index (χ0) is 7.56. The lowest BCUT2D eigenvalue weighted by Gasteiger charge is -2.12. The fraction of sp³-hybridized carbons (Fsp3) is 0.333. The average Bonchev–Trinajstić information content (AvgIpc) is 2.36. The van der Waals surface area contributed by atoms with Gasteiger partial charge in [0.2, 0.25) is 0 Å². The van der Waals surface area contributed by atoms with E-state index in [4.69, 9.17) is 0 Å². The Morgan fingerprint density at radius 1 is 1.80 bits per heavy atom. The zero-order valence-electron chi connectivity index (χ0n) is 5.52. The molecule has 1 atom stereocenters. The Kier molecular flexibility index (Phi) is 1.71. The summed E-state index contributed by atoms with van der Waals surface area (Å²) in [6, 6.07) is -0.637. The van der Waals surface area contributed by atoms with Gasteiger partial charge in [-0.2, -0.15) is 0 Å². The molecule has 0 fully saturated rings. The molecular formula is C6H7N2O2-. The molecule has 1 unspecified atom stereocenters. The molecule has 10 heavy (non-hydrogen) atoms. The van der Waals surface area contributed by atoms with Gasteiger partial charge in [0.25, 0.3) is 0 Å². The lowest BCUT2D eigenvalue weighted by atomic mass is 10.3. The first-order valence-corrected chi connectivity index (χ1v) is 2.90. The Morgan fingerprint density at radius 2 is 2.50 bits per heavy atom. The zero-order valence-corrected chi connectivity index (χ0v) is 5.52. The van der Waals surface area contributed by atoms with Crippen molar-refractivity contribution in [2.75, 3.05) is 0 Å². The van der Waals surface area contributed by atoms with Gasteiger partial charge in [0, 0.05) is 12.4 Å². The van der Waals surface area contributed by atoms with E-state index in [1.807, 2.05) is 0 Å². The highest BCUT2D eigenvalue weighted by molar-refractivity contribution is 5.68. The van der Waals surface area contributed by atoms with Crippen molar-refractivity contribution in [1.29, 1.82) is 0 Å². The van der Waals surface area contributed by atoms with Gasteiger partial charge in [-0.1, -0.05) is 0 Å². The van der Waals surface area contributed by atoms with Crippen LogP contribution >= 0.6 is 0 Å². The molecule has 1 aromatic heterocycles. The van der Waals surface area contributed by atoms with E-state index in [1.165, 1.54) is 24.0 Å². The van der Waals surface area contributed by atoms with Crippen LogP contribution in [0.5, 0.6) is 0 Å². The van der Waals surface area contributed by atoms with Crippen molar-refractivity contribution in [3.63, 3.8) is 0 Å². The topological polar surface area (TPSA) is 57.9 Å². The largest absolute Gasteiger partial charge is 0.548 e. The van der Waals surface area contributed by atoms with Crippen LogP contribution < -0.4 is 5.11 Å². The van der Waals surface area contributed by atoms with E-state index < -0.39 is 12.0 Å². The summed E-state index contributed by atoms with van der Waals surface area (Å²) in [4.78, 5) is 13.9. The van der Waals surface area contributed by atoms with Gasteiger partial charge in [0.05, 0.1) is 18.3 Å². The van der Waals surface area contributed by atoms with E-state index in [1.54, 1.807) is 6.20 Å². The maximum atomic E-state index is 10.2. The molecule has 1 aromatic rings. The molecule has 0 aromatic carbocycles. The molecule has 0 bridgehead atoms. The van der Waals surface area contributed by atoms with Crippen LogP contribution in [0.15, 0.2) is 18.7 Å². The maximum absolute atomic E-state index is 10.2. The van der Waals surface area contributed by atoms with Gasteiger partial charge in [0.1, 0.15) is 0 Å². The highest BCUT2D eigenvalue weighted by Crippen LogP contribution is 2.00. The summed E-state index contributed by atoms with van der Waals surface area (Å²) >= 11 is 0. The monoisotopic (exact) mass is 139 g/mol. The fourth-order valence-corrected chi connectivity index (χ4v) is 0.620. The number of hydrogen-bond acceptors (Lipinski definition) is 3. The molecule has 4 nitrogen and oxygen atoms in total. The molecule has 1 heterocycles. The number of rotatable bonds is 2. The predicted molar refractivity (Wildman–Crippen MR) is 31.9 cm³/mol. The maximum Gasteiger partial charge on any atom is 0.0951 e. The normalized spacial score (nSPS) is 12.9. The summed E-state index contributed by atoms with van der Waals surface area (Å²) in [5.74, 6) is -1.10. The van der Waals surface area contributed by atoms with Crippen molar-refractivity contribution in [2.24, 2.45) is 0 Å². The van der Waals surface area contributed by atoms with Crippen molar-refractivity contribution >= 4 is 5.97 Å². The molecule has 4 heteroatoms. The Hall–Kier alpha value is -1.32. The second-order valence-electron chi connectivity index (χ2n) is 2.00. The van der Waals surface area contributed by atoms with Crippen LogP contribution in [0.2, 0.25) is 0 Å². The van der Waals surface area contributed by atoms with Gasteiger partial charge < -0.3 is 14.5 Å². The fourth-order valence-electron chi connectivity index (χ4n) is 0.620. The minimum atomic E-state index is -1.10. The van der Waals surface area contributed by atoms with Crippen LogP contribution in [0.1, 0.15) is 13.0 Å². The smallest absolute Gasteiger partial charge is 0.0951 e. The number of nitrogens with zero attached hydrogens (tertiary/aromatic N) is 2. The quantitative estimate of drug-likeness (QED) is 0.538. The molecule has 0 N–H and O–H groups in total. The molecule has 0 amide bonds. The lowest BCUT2D eigenvalue weighted by Crippen LogP contribution is -2.30. The van der Waals surface area contributed by atoms with Gasteiger partial charge in [0.15, 0.2) is 0 Å². The number of carbonyl (C=O) groups excluding carboxylic acids is 1. The first-order chi connectivity index (χ1) is 4.72. The number of carbonyl (C=O) groups is 1. The molecule has 1 rings (SSSR count). The summed E-state index contributed by atoms with van der Waals surface area (Å²) in [6.07, 6.45) is 4.56. The molecule has 54 valence electrons. The van der Waals surface area contributed by atoms with Crippen LogP contribution in [0, 0.1) is 0 Å². The standard InChI is InChI=1S/C6H8N2O2/c1-5(6(9)10)8-3-2-7-4-8/h2-5H,1H3,(H,9,10)/p-1. The Labute approximate surface area is 58.1 Å². The SMILES string of the molecule is CC(C(=O)[O-])n1ccnc1. The molecular weight excluding hydrogens is 132 g/mol. The number of hydrogen-bond donors (Lipinski definition) is 0. The van der Waals surface area contributed by atoms with Crippen molar-refractivity contribution in [1.82, 2.24) is 9.55 Å². The van der Waals surface area contributed by atoms with Gasteiger partial charge in [-0.3, -0.25) is 0 Å². The van der Waals surface area contributed by atoms with Gasteiger partial charge in [-0.05, 0) is 6.92 Å². The van der Waals surface area contributed by atoms with Gasteiger partial charge in [-0.25, -0.2) is 4.98 Å². The van der Waals surface area contributed by atoms with Crippen LogP contribution in [0.3, 0.4) is 0 Å². The summed E-state index contributed by atoms with van der Waals surface area (Å²) < 4.78 is 1.47. The van der Waals surface area contributed by atoms with Crippen LogP contribution in [-0.2, 0) is 4.79 Å². The highest BCUT2D eigenvalue weighted by Gasteiger charge is 2.01. The molecule has 0 spiro atoms. The number of carboxylic acids is 1. The third-order valence-electron chi connectivity index (χ3n) is 1.31. The first kappa shape index (κ1) is 6.80. The molecule has 0 aliphatic carbocycles. The van der Waals surface area contributed by atoms with E-state index >= 15 is 0 Å². The molecule has 0 saturated heterocycles. The van der Waals surface area contributed by atoms with Gasteiger partial charge >= 0.3 is 0 Å². The van der Waals surface area contributed by atoms with E-state index in [0.717, 1.165) is 0 Å². The minimum Gasteiger partial charge on any atom is -0.548 e. The molecule has 0 saturated carbocycles. The van der Waals surface area contributed by atoms with E-state index in [9.17, 15) is 9.90 Å². The van der Waals surface area contributed by atoms with Crippen molar-refractivity contribution in [2.45, 2.75) is 13.0 Å². The summed E-state index contributed by atoms with van der Waals surface area (Å²) in [5.41, 5.74) is 0. The summed E-state index contributed by atoms with van der Waals surface area (Å²) in [7, 11) is 0. The van der Waals surface area contributed by atoms with Crippen molar-refractivity contribution < 1.29 is 9.90 Å². The second kappa shape index (κ2) is 2.51. The average molecular weight is 139 g/mol. The minimum absolute atomic E-state index is 0.637. The van der Waals surface area contributed by atoms with Crippen molar-refractivity contribution in [3.05, 3.63) is 18.7 Å². The van der Waals surface area contributed by atoms with E-state index in [2.05, 4.69) is 4.98 Å². The lowest BCUT2D eigenvalue weighted by molar-refractivity contribution is -0.309. The van der Waals surface area contributed by atoms with Crippen LogP contribution in [0.4, 0.5) is 0 Å². The third-order valence-corrected chi connectivity index (χ3v) is 1.31. The highest BCUT2D eigenvalue weighted by atomic mass is 16.4. The van der Waals surface area contributed by atoms with Crippen LogP contribution in [-0.4, -0.2) is 15.5 Å². The van der Waals surface area contributed by atoms with Crippen LogP contribution in [0.25, 0.3) is 0 Å². The van der Waals surface area contributed by atoms with Crippen molar-refractivity contribution in [3.8, 4) is 0 Å². The Bertz CT molecular complexity index is 218. The van der Waals surface area contributed by atoms with E-state index in [-0.39, 0.29) is 0 Å². The molecule has 0 radical (unpaired) electrons. The third kappa shape index (κ3) is 1.15. The predicted octanol–water partition coefficient (Wildman–Crippen LogP) is -0.806. The van der Waals surface area contributed by atoms with E-state index in [0.29, 0.717) is 0 Å². The number of aromatic nitrogens is 2.